The van der Waals surface area contributed by atoms with Crippen LogP contribution in [0.3, 0.4) is 0 Å². The fourth-order valence-corrected chi connectivity index (χ4v) is 1.46. The molecule has 0 saturated heterocycles. The molecule has 2 heteroatoms. The van der Waals surface area contributed by atoms with Gasteiger partial charge in [-0.1, -0.05) is 0 Å². The minimum absolute atomic E-state index is 1.32. The van der Waals surface area contributed by atoms with Gasteiger partial charge in [-0.25, -0.2) is 0 Å². The molecule has 0 amide bonds. The van der Waals surface area contributed by atoms with Crippen LogP contribution in [-0.4, -0.2) is 0 Å². The molecular formula is C5H7PS. The van der Waals surface area contributed by atoms with Gasteiger partial charge in [-0.2, -0.15) is 0 Å². The van der Waals surface area contributed by atoms with Crippen LogP contribution in [0.1, 0.15) is 4.88 Å². The van der Waals surface area contributed by atoms with Gasteiger partial charge in [0.2, 0.25) is 0 Å². The molecule has 7 heavy (non-hydrogen) atoms. The smallest absolute Gasteiger partial charge is 0.00856 e. The van der Waals surface area contributed by atoms with E-state index in [1.54, 1.807) is 11.3 Å². The Hall–Kier alpha value is 0.130. The van der Waals surface area contributed by atoms with Gasteiger partial charge in [-0.15, -0.1) is 20.6 Å². The molecule has 0 aromatic carbocycles. The van der Waals surface area contributed by atoms with E-state index in [-0.39, 0.29) is 0 Å². The van der Waals surface area contributed by atoms with Crippen LogP contribution in [0, 0.1) is 6.92 Å². The Bertz CT molecular complexity index is 140. The summed E-state index contributed by atoms with van der Waals surface area (Å²) in [5.74, 6) is 0. The lowest BCUT2D eigenvalue weighted by Gasteiger charge is -1.79. The number of thiophene rings is 1. The molecule has 0 bridgehead atoms. The molecule has 0 spiro atoms. The van der Waals surface area contributed by atoms with Crippen molar-refractivity contribution in [3.05, 3.63) is 16.3 Å². The fourth-order valence-electron chi connectivity index (χ4n) is 0.395. The van der Waals surface area contributed by atoms with Crippen molar-refractivity contribution in [2.45, 2.75) is 6.92 Å². The molecule has 1 unspecified atom stereocenters. The first-order valence-corrected chi connectivity index (χ1v) is 3.56. The highest BCUT2D eigenvalue weighted by atomic mass is 32.1. The van der Waals surface area contributed by atoms with Crippen LogP contribution in [0.4, 0.5) is 0 Å². The summed E-state index contributed by atoms with van der Waals surface area (Å²) in [6.07, 6.45) is 0. The van der Waals surface area contributed by atoms with Crippen LogP contribution in [-0.2, 0) is 0 Å². The Morgan fingerprint density at radius 3 is 2.57 bits per heavy atom. The lowest BCUT2D eigenvalue weighted by atomic mass is 10.5. The Morgan fingerprint density at radius 1 is 1.71 bits per heavy atom. The van der Waals surface area contributed by atoms with Crippen LogP contribution in [0.15, 0.2) is 11.4 Å². The first-order chi connectivity index (χ1) is 3.30. The second kappa shape index (κ2) is 1.94. The van der Waals surface area contributed by atoms with Crippen molar-refractivity contribution in [1.82, 2.24) is 0 Å². The van der Waals surface area contributed by atoms with Gasteiger partial charge < -0.3 is 0 Å². The van der Waals surface area contributed by atoms with E-state index in [2.05, 4.69) is 27.6 Å². The second-order valence-electron chi connectivity index (χ2n) is 1.43. The number of hydrogen-bond donors (Lipinski definition) is 0. The lowest BCUT2D eigenvalue weighted by molar-refractivity contribution is 1.69. The average Bonchev–Trinajstić information content (AvgIpc) is 1.91. The molecule has 0 nitrogen and oxygen atoms in total. The van der Waals surface area contributed by atoms with Crippen molar-refractivity contribution in [3.63, 3.8) is 0 Å². The van der Waals surface area contributed by atoms with Gasteiger partial charge in [0.05, 0.1) is 0 Å². The summed E-state index contributed by atoms with van der Waals surface area (Å²) >= 11 is 1.78. The SMILES string of the molecule is Cc1sccc1P. The molecule has 1 atom stereocenters. The van der Waals surface area contributed by atoms with Crippen molar-refractivity contribution < 1.29 is 0 Å². The van der Waals surface area contributed by atoms with Crippen molar-refractivity contribution in [3.8, 4) is 0 Å². The average molecular weight is 130 g/mol. The van der Waals surface area contributed by atoms with Crippen LogP contribution in [0.25, 0.3) is 0 Å². The van der Waals surface area contributed by atoms with E-state index < -0.39 is 0 Å². The maximum atomic E-state index is 2.68. The predicted octanol–water partition coefficient (Wildman–Crippen LogP) is 1.56. The van der Waals surface area contributed by atoms with Crippen LogP contribution >= 0.6 is 20.6 Å². The van der Waals surface area contributed by atoms with Gasteiger partial charge >= 0.3 is 0 Å². The van der Waals surface area contributed by atoms with Gasteiger partial charge in [0.15, 0.2) is 0 Å². The molecule has 38 valence electrons. The molecule has 0 saturated carbocycles. The Balaban J connectivity index is 3.12. The topological polar surface area (TPSA) is 0 Å². The Kier molecular flexibility index (Phi) is 1.46. The highest BCUT2D eigenvalue weighted by Gasteiger charge is 1.87. The standard InChI is InChI=1S/C5H7PS/c1-4-5(6)2-3-7-4/h2-3H,6H2,1H3. The van der Waals surface area contributed by atoms with Crippen molar-refractivity contribution in [2.24, 2.45) is 0 Å². The summed E-state index contributed by atoms with van der Waals surface area (Å²) in [5, 5.41) is 3.42. The van der Waals surface area contributed by atoms with Crippen molar-refractivity contribution >= 4 is 25.9 Å². The van der Waals surface area contributed by atoms with Crippen LogP contribution < -0.4 is 5.30 Å². The van der Waals surface area contributed by atoms with Crippen molar-refractivity contribution in [2.75, 3.05) is 0 Å². The molecule has 1 aromatic heterocycles. The summed E-state index contributed by atoms with van der Waals surface area (Å²) in [7, 11) is 2.68. The third-order valence-corrected chi connectivity index (χ3v) is 2.60. The molecule has 0 N–H and O–H groups in total. The Labute approximate surface area is 49.8 Å². The first kappa shape index (κ1) is 5.27. The van der Waals surface area contributed by atoms with Gasteiger partial charge in [-0.3, -0.25) is 0 Å². The van der Waals surface area contributed by atoms with E-state index >= 15 is 0 Å². The van der Waals surface area contributed by atoms with Crippen LogP contribution in [0.5, 0.6) is 0 Å². The fraction of sp³-hybridized carbons (Fsp3) is 0.200. The number of aryl methyl sites for hydroxylation is 1. The maximum absolute atomic E-state index is 2.68. The highest BCUT2D eigenvalue weighted by Crippen LogP contribution is 2.05. The number of hydrogen-bond acceptors (Lipinski definition) is 1. The van der Waals surface area contributed by atoms with Gasteiger partial charge in [0.25, 0.3) is 0 Å². The Morgan fingerprint density at radius 2 is 2.43 bits per heavy atom. The van der Waals surface area contributed by atoms with E-state index in [1.165, 1.54) is 10.2 Å². The zero-order chi connectivity index (χ0) is 5.28. The minimum Gasteiger partial charge on any atom is -0.149 e. The van der Waals surface area contributed by atoms with Gasteiger partial charge in [0, 0.05) is 4.88 Å². The quantitative estimate of drug-likeness (QED) is 0.467. The van der Waals surface area contributed by atoms with Gasteiger partial charge in [-0.05, 0) is 23.7 Å². The van der Waals surface area contributed by atoms with E-state index in [0.29, 0.717) is 0 Å². The molecule has 0 aliphatic carbocycles. The molecular weight excluding hydrogens is 123 g/mol. The minimum atomic E-state index is 1.32. The zero-order valence-corrected chi connectivity index (χ0v) is 6.11. The summed E-state index contributed by atoms with van der Waals surface area (Å²) in [6.45, 7) is 2.12. The first-order valence-electron chi connectivity index (χ1n) is 2.10. The van der Waals surface area contributed by atoms with E-state index in [0.717, 1.165) is 0 Å². The molecule has 1 aromatic rings. The second-order valence-corrected chi connectivity index (χ2v) is 3.17. The highest BCUT2D eigenvalue weighted by molar-refractivity contribution is 7.29. The summed E-state index contributed by atoms with van der Waals surface area (Å²) in [5.41, 5.74) is 0. The molecule has 0 fully saturated rings. The number of rotatable bonds is 0. The van der Waals surface area contributed by atoms with E-state index in [1.807, 2.05) is 0 Å². The van der Waals surface area contributed by atoms with E-state index in [4.69, 9.17) is 0 Å². The molecule has 1 rings (SSSR count). The third-order valence-electron chi connectivity index (χ3n) is 0.899. The van der Waals surface area contributed by atoms with Crippen molar-refractivity contribution in [1.29, 1.82) is 0 Å². The summed E-state index contributed by atoms with van der Waals surface area (Å²) in [4.78, 5) is 1.39. The normalized spacial score (nSPS) is 9.43. The van der Waals surface area contributed by atoms with E-state index in [9.17, 15) is 0 Å². The summed E-state index contributed by atoms with van der Waals surface area (Å²) < 4.78 is 0. The molecule has 0 radical (unpaired) electrons. The van der Waals surface area contributed by atoms with Gasteiger partial charge in [0.1, 0.15) is 0 Å². The van der Waals surface area contributed by atoms with Crippen LogP contribution in [0.2, 0.25) is 0 Å². The molecule has 1 heterocycles. The summed E-state index contributed by atoms with van der Waals surface area (Å²) in [6, 6.07) is 2.10. The largest absolute Gasteiger partial charge is 0.149 e. The lowest BCUT2D eigenvalue weighted by Crippen LogP contribution is -1.83. The zero-order valence-electron chi connectivity index (χ0n) is 4.14. The molecule has 0 aliphatic heterocycles. The molecule has 0 aliphatic rings. The monoisotopic (exact) mass is 130 g/mol. The maximum Gasteiger partial charge on any atom is 0.00856 e. The predicted molar refractivity (Wildman–Crippen MR) is 38.4 cm³/mol. The third kappa shape index (κ3) is 1.02.